The molecule has 106 valence electrons. The summed E-state index contributed by atoms with van der Waals surface area (Å²) < 4.78 is 2.25. The molecule has 0 fully saturated rings. The molecule has 0 amide bonds. The van der Waals surface area contributed by atoms with Crippen LogP contribution >= 0.6 is 31.9 Å². The highest BCUT2D eigenvalue weighted by atomic mass is 79.9. The zero-order valence-corrected chi connectivity index (χ0v) is 15.5. The van der Waals surface area contributed by atoms with Gasteiger partial charge in [-0.05, 0) is 46.2 Å². The van der Waals surface area contributed by atoms with Crippen molar-refractivity contribution in [1.82, 2.24) is 0 Å². The van der Waals surface area contributed by atoms with Crippen LogP contribution in [0.1, 0.15) is 38.8 Å². The molecule has 0 radical (unpaired) electrons. The molecule has 0 saturated heterocycles. The summed E-state index contributed by atoms with van der Waals surface area (Å²) in [7, 11) is 0. The zero-order chi connectivity index (χ0) is 15.0. The first-order valence-corrected chi connectivity index (χ1v) is 8.36. The Hall–Kier alpha value is -0.600. The fourth-order valence-electron chi connectivity index (χ4n) is 2.45. The molecule has 0 saturated carbocycles. The average molecular weight is 396 g/mol. The van der Waals surface area contributed by atoms with Crippen molar-refractivity contribution in [2.45, 2.75) is 38.5 Å². The van der Waals surface area contributed by atoms with Crippen LogP contribution in [0.2, 0.25) is 0 Å². The van der Waals surface area contributed by atoms with Gasteiger partial charge < -0.3 is 0 Å². The summed E-state index contributed by atoms with van der Waals surface area (Å²) >= 11 is 7.02. The predicted octanol–water partition coefficient (Wildman–Crippen LogP) is 6.47. The molecule has 0 aliphatic heterocycles. The third-order valence-corrected chi connectivity index (χ3v) is 5.75. The fourth-order valence-corrected chi connectivity index (χ4v) is 2.98. The van der Waals surface area contributed by atoms with E-state index in [1.165, 1.54) is 11.1 Å². The molecule has 0 unspecified atom stereocenters. The molecule has 0 aliphatic rings. The van der Waals surface area contributed by atoms with Crippen LogP contribution in [0, 0.1) is 0 Å². The number of halogens is 2. The maximum absolute atomic E-state index is 3.51. The topological polar surface area (TPSA) is 0 Å². The standard InChI is InChI=1S/C18H20Br2/c1-17(2,13-5-9-15(19)10-6-13)18(3,4)14-7-11-16(20)12-8-14/h5-12H,1-4H3. The molecular weight excluding hydrogens is 376 g/mol. The molecule has 0 N–H and O–H groups in total. The van der Waals surface area contributed by atoms with E-state index in [0.717, 1.165) is 8.95 Å². The first-order valence-electron chi connectivity index (χ1n) is 6.77. The minimum absolute atomic E-state index is 0.0432. The van der Waals surface area contributed by atoms with Crippen LogP contribution < -0.4 is 0 Å². The van der Waals surface area contributed by atoms with Gasteiger partial charge in [-0.1, -0.05) is 83.8 Å². The third kappa shape index (κ3) is 2.87. The quantitative estimate of drug-likeness (QED) is 0.558. The van der Waals surface area contributed by atoms with E-state index < -0.39 is 0 Å². The monoisotopic (exact) mass is 394 g/mol. The van der Waals surface area contributed by atoms with E-state index in [4.69, 9.17) is 0 Å². The number of rotatable bonds is 3. The van der Waals surface area contributed by atoms with Crippen LogP contribution in [-0.4, -0.2) is 0 Å². The molecule has 0 bridgehead atoms. The Labute approximate surface area is 138 Å². The summed E-state index contributed by atoms with van der Waals surface area (Å²) in [4.78, 5) is 0. The number of hydrogen-bond donors (Lipinski definition) is 0. The maximum atomic E-state index is 3.51. The Bertz CT molecular complexity index is 522. The average Bonchev–Trinajstić information content (AvgIpc) is 2.39. The van der Waals surface area contributed by atoms with Gasteiger partial charge >= 0.3 is 0 Å². The smallest absolute Gasteiger partial charge is 0.0175 e. The van der Waals surface area contributed by atoms with E-state index in [2.05, 4.69) is 108 Å². The highest BCUT2D eigenvalue weighted by Crippen LogP contribution is 2.44. The zero-order valence-electron chi connectivity index (χ0n) is 12.4. The Balaban J connectivity index is 2.45. The van der Waals surface area contributed by atoms with Gasteiger partial charge in [0, 0.05) is 8.95 Å². The van der Waals surface area contributed by atoms with E-state index in [0.29, 0.717) is 0 Å². The van der Waals surface area contributed by atoms with E-state index >= 15 is 0 Å². The van der Waals surface area contributed by atoms with Crippen LogP contribution in [0.5, 0.6) is 0 Å². The Morgan fingerprint density at radius 1 is 0.550 bits per heavy atom. The minimum atomic E-state index is 0.0432. The van der Waals surface area contributed by atoms with Gasteiger partial charge in [0.25, 0.3) is 0 Å². The van der Waals surface area contributed by atoms with Crippen molar-refractivity contribution in [1.29, 1.82) is 0 Å². The fraction of sp³-hybridized carbons (Fsp3) is 0.333. The van der Waals surface area contributed by atoms with Gasteiger partial charge in [-0.3, -0.25) is 0 Å². The highest BCUT2D eigenvalue weighted by Gasteiger charge is 2.39. The lowest BCUT2D eigenvalue weighted by Crippen LogP contribution is -2.40. The molecule has 0 aromatic heterocycles. The van der Waals surface area contributed by atoms with Gasteiger partial charge in [0.1, 0.15) is 0 Å². The first kappa shape index (κ1) is 15.8. The summed E-state index contributed by atoms with van der Waals surface area (Å²) in [6, 6.07) is 17.3. The van der Waals surface area contributed by atoms with Crippen LogP contribution in [0.15, 0.2) is 57.5 Å². The minimum Gasteiger partial charge on any atom is -0.0573 e. The highest BCUT2D eigenvalue weighted by molar-refractivity contribution is 9.10. The largest absolute Gasteiger partial charge is 0.0573 e. The molecule has 0 atom stereocenters. The van der Waals surface area contributed by atoms with Crippen LogP contribution in [0.4, 0.5) is 0 Å². The molecule has 0 nitrogen and oxygen atoms in total. The maximum Gasteiger partial charge on any atom is 0.0175 e. The lowest BCUT2D eigenvalue weighted by atomic mass is 9.61. The van der Waals surface area contributed by atoms with Gasteiger partial charge in [0.15, 0.2) is 0 Å². The summed E-state index contributed by atoms with van der Waals surface area (Å²) in [6.07, 6.45) is 0. The number of benzene rings is 2. The van der Waals surface area contributed by atoms with E-state index in [9.17, 15) is 0 Å². The Kier molecular flexibility index (Phi) is 4.46. The van der Waals surface area contributed by atoms with E-state index in [1.807, 2.05) is 0 Å². The van der Waals surface area contributed by atoms with Gasteiger partial charge in [0.2, 0.25) is 0 Å². The molecule has 20 heavy (non-hydrogen) atoms. The van der Waals surface area contributed by atoms with Crippen LogP contribution in [-0.2, 0) is 10.8 Å². The van der Waals surface area contributed by atoms with Gasteiger partial charge in [0.05, 0.1) is 0 Å². The number of hydrogen-bond acceptors (Lipinski definition) is 0. The van der Waals surface area contributed by atoms with Crippen LogP contribution in [0.3, 0.4) is 0 Å². The van der Waals surface area contributed by atoms with E-state index in [-0.39, 0.29) is 10.8 Å². The molecule has 0 heterocycles. The van der Waals surface area contributed by atoms with Gasteiger partial charge in [-0.2, -0.15) is 0 Å². The summed E-state index contributed by atoms with van der Waals surface area (Å²) in [5.74, 6) is 0. The van der Waals surface area contributed by atoms with Gasteiger partial charge in [-0.25, -0.2) is 0 Å². The normalized spacial score (nSPS) is 12.5. The molecular formula is C18H20Br2. The summed E-state index contributed by atoms with van der Waals surface area (Å²) in [5.41, 5.74) is 2.80. The SMILES string of the molecule is CC(C)(c1ccc(Br)cc1)C(C)(C)c1ccc(Br)cc1. The Morgan fingerprint density at radius 3 is 1.05 bits per heavy atom. The third-order valence-electron chi connectivity index (χ3n) is 4.69. The van der Waals surface area contributed by atoms with Crippen molar-refractivity contribution in [2.75, 3.05) is 0 Å². The Morgan fingerprint density at radius 2 is 0.800 bits per heavy atom. The second-order valence-corrected chi connectivity index (χ2v) is 8.10. The summed E-state index contributed by atoms with van der Waals surface area (Å²) in [6.45, 7) is 9.27. The molecule has 2 rings (SSSR count). The second-order valence-electron chi connectivity index (χ2n) is 6.26. The van der Waals surface area contributed by atoms with Crippen molar-refractivity contribution in [3.8, 4) is 0 Å². The van der Waals surface area contributed by atoms with Crippen molar-refractivity contribution in [2.24, 2.45) is 0 Å². The lowest BCUT2D eigenvalue weighted by Gasteiger charge is -2.43. The molecule has 2 aromatic rings. The molecule has 0 aliphatic carbocycles. The lowest BCUT2D eigenvalue weighted by molar-refractivity contribution is 0.303. The predicted molar refractivity (Wildman–Crippen MR) is 94.3 cm³/mol. The summed E-state index contributed by atoms with van der Waals surface area (Å²) in [5, 5.41) is 0. The van der Waals surface area contributed by atoms with Crippen molar-refractivity contribution in [3.63, 3.8) is 0 Å². The van der Waals surface area contributed by atoms with Gasteiger partial charge in [-0.15, -0.1) is 0 Å². The van der Waals surface area contributed by atoms with E-state index in [1.54, 1.807) is 0 Å². The second kappa shape index (κ2) is 5.65. The molecule has 2 heteroatoms. The van der Waals surface area contributed by atoms with Crippen molar-refractivity contribution < 1.29 is 0 Å². The molecule has 2 aromatic carbocycles. The van der Waals surface area contributed by atoms with Crippen molar-refractivity contribution >= 4 is 31.9 Å². The molecule has 0 spiro atoms. The first-order chi connectivity index (χ1) is 9.25. The van der Waals surface area contributed by atoms with Crippen molar-refractivity contribution in [3.05, 3.63) is 68.6 Å². The van der Waals surface area contributed by atoms with Crippen LogP contribution in [0.25, 0.3) is 0 Å².